The van der Waals surface area contributed by atoms with Gasteiger partial charge < -0.3 is 5.32 Å². The van der Waals surface area contributed by atoms with Crippen LogP contribution in [0.3, 0.4) is 0 Å². The Kier molecular flexibility index (Phi) is 3.72. The van der Waals surface area contributed by atoms with Crippen molar-refractivity contribution in [3.05, 3.63) is 45.5 Å². The van der Waals surface area contributed by atoms with Crippen molar-refractivity contribution in [3.63, 3.8) is 0 Å². The summed E-state index contributed by atoms with van der Waals surface area (Å²) in [6.07, 6.45) is 2.16. The van der Waals surface area contributed by atoms with E-state index in [0.717, 1.165) is 0 Å². The lowest BCUT2D eigenvalue weighted by atomic mass is 9.77. The number of nitro benzene ring substituents is 1. The molecule has 0 bridgehead atoms. The summed E-state index contributed by atoms with van der Waals surface area (Å²) in [5.41, 5.74) is 0.632. The van der Waals surface area contributed by atoms with Crippen molar-refractivity contribution in [1.29, 1.82) is 0 Å². The number of nitrogens with one attached hydrogen (secondary N) is 1. The molecule has 0 radical (unpaired) electrons. The molecule has 5 nitrogen and oxygen atoms in total. The molecular weight excluding hydrogens is 268 g/mol. The fourth-order valence-electron chi connectivity index (χ4n) is 2.96. The number of non-ortho nitro benzene ring substituents is 1. The summed E-state index contributed by atoms with van der Waals surface area (Å²) in [4.78, 5) is 22.8. The number of piperidine rings is 1. The quantitative estimate of drug-likeness (QED) is 0.515. The maximum absolute atomic E-state index is 12.4. The van der Waals surface area contributed by atoms with Crippen LogP contribution in [0.5, 0.6) is 0 Å². The number of nitrogens with zero attached hydrogens (tertiary/aromatic N) is 1. The third kappa shape index (κ3) is 3.36. The molecule has 0 saturated carbocycles. The Morgan fingerprint density at radius 1 is 1.29 bits per heavy atom. The predicted molar refractivity (Wildman–Crippen MR) is 82.0 cm³/mol. The SMILES string of the molecule is CC1(C)CC(=O)/C(=C/c2cccc([N+](=O)[O-])c2)C(C)(C)N1. The predicted octanol–water partition coefficient (Wildman–Crippen LogP) is 3.10. The smallest absolute Gasteiger partial charge is 0.270 e. The van der Waals surface area contributed by atoms with Gasteiger partial charge in [0.1, 0.15) is 0 Å². The van der Waals surface area contributed by atoms with Crippen molar-refractivity contribution in [2.24, 2.45) is 0 Å². The van der Waals surface area contributed by atoms with Crippen LogP contribution in [0.2, 0.25) is 0 Å². The van der Waals surface area contributed by atoms with Crippen LogP contribution in [-0.2, 0) is 4.79 Å². The van der Waals surface area contributed by atoms with Crippen molar-refractivity contribution in [1.82, 2.24) is 5.32 Å². The average Bonchev–Trinajstić information content (AvgIpc) is 2.32. The maximum atomic E-state index is 12.4. The van der Waals surface area contributed by atoms with Crippen LogP contribution in [0, 0.1) is 10.1 Å². The van der Waals surface area contributed by atoms with Crippen LogP contribution in [0.25, 0.3) is 6.08 Å². The molecule has 1 aliphatic heterocycles. The second kappa shape index (κ2) is 5.07. The summed E-state index contributed by atoms with van der Waals surface area (Å²) in [7, 11) is 0. The molecule has 21 heavy (non-hydrogen) atoms. The average molecular weight is 288 g/mol. The van der Waals surface area contributed by atoms with Crippen LogP contribution in [0.4, 0.5) is 5.69 Å². The van der Waals surface area contributed by atoms with Gasteiger partial charge in [-0.3, -0.25) is 14.9 Å². The molecule has 0 spiro atoms. The van der Waals surface area contributed by atoms with Crippen molar-refractivity contribution in [2.75, 3.05) is 0 Å². The first-order chi connectivity index (χ1) is 9.61. The van der Waals surface area contributed by atoms with E-state index in [-0.39, 0.29) is 17.0 Å². The summed E-state index contributed by atoms with van der Waals surface area (Å²) in [6, 6.07) is 6.32. The Hall–Kier alpha value is -2.01. The number of nitro groups is 1. The van der Waals surface area contributed by atoms with E-state index in [0.29, 0.717) is 17.6 Å². The molecular formula is C16H20N2O3. The molecule has 0 aromatic heterocycles. The highest BCUT2D eigenvalue weighted by Crippen LogP contribution is 2.32. The lowest BCUT2D eigenvalue weighted by Crippen LogP contribution is -2.59. The van der Waals surface area contributed by atoms with E-state index >= 15 is 0 Å². The molecule has 5 heteroatoms. The molecule has 1 fully saturated rings. The van der Waals surface area contributed by atoms with E-state index in [1.807, 2.05) is 27.7 Å². The largest absolute Gasteiger partial charge is 0.302 e. The number of carbonyl (C=O) groups is 1. The Balaban J connectivity index is 2.42. The van der Waals surface area contributed by atoms with Gasteiger partial charge in [0.15, 0.2) is 5.78 Å². The first-order valence-corrected chi connectivity index (χ1v) is 6.90. The molecule has 2 rings (SSSR count). The maximum Gasteiger partial charge on any atom is 0.270 e. The molecule has 0 amide bonds. The minimum atomic E-state index is -0.469. The summed E-state index contributed by atoms with van der Waals surface area (Å²) >= 11 is 0. The number of carbonyl (C=O) groups excluding carboxylic acids is 1. The molecule has 112 valence electrons. The molecule has 1 aromatic carbocycles. The first kappa shape index (κ1) is 15.4. The van der Waals surface area contributed by atoms with E-state index in [9.17, 15) is 14.9 Å². The molecule has 1 heterocycles. The van der Waals surface area contributed by atoms with Crippen molar-refractivity contribution in [3.8, 4) is 0 Å². The number of hydrogen-bond acceptors (Lipinski definition) is 4. The number of ketones is 1. The Morgan fingerprint density at radius 3 is 2.52 bits per heavy atom. The van der Waals surface area contributed by atoms with Crippen molar-refractivity contribution in [2.45, 2.75) is 45.2 Å². The van der Waals surface area contributed by atoms with E-state index in [4.69, 9.17) is 0 Å². The molecule has 1 aromatic rings. The molecule has 0 unspecified atom stereocenters. The van der Waals surface area contributed by atoms with Gasteiger partial charge in [-0.2, -0.15) is 0 Å². The zero-order valence-corrected chi connectivity index (χ0v) is 12.8. The van der Waals surface area contributed by atoms with Crippen LogP contribution in [0.15, 0.2) is 29.8 Å². The Morgan fingerprint density at radius 2 is 1.95 bits per heavy atom. The van der Waals surface area contributed by atoms with E-state index < -0.39 is 10.5 Å². The van der Waals surface area contributed by atoms with Gasteiger partial charge in [0.05, 0.1) is 4.92 Å². The van der Waals surface area contributed by atoms with Gasteiger partial charge in [0.25, 0.3) is 5.69 Å². The van der Waals surface area contributed by atoms with Gasteiger partial charge in [-0.15, -0.1) is 0 Å². The van der Waals surface area contributed by atoms with Crippen molar-refractivity contribution >= 4 is 17.5 Å². The lowest BCUT2D eigenvalue weighted by Gasteiger charge is -2.43. The van der Waals surface area contributed by atoms with E-state index in [1.165, 1.54) is 12.1 Å². The standard InChI is InChI=1S/C16H20N2O3/c1-15(2)10-14(19)13(16(3,4)17-15)9-11-6-5-7-12(8-11)18(20)21/h5-9,17H,10H2,1-4H3/b13-9-. The highest BCUT2D eigenvalue weighted by Gasteiger charge is 2.40. The fourth-order valence-corrected chi connectivity index (χ4v) is 2.96. The van der Waals surface area contributed by atoms with Gasteiger partial charge >= 0.3 is 0 Å². The van der Waals surface area contributed by atoms with E-state index in [1.54, 1.807) is 18.2 Å². The normalized spacial score (nSPS) is 22.3. The number of hydrogen-bond donors (Lipinski definition) is 1. The third-order valence-electron chi connectivity index (χ3n) is 3.62. The molecule has 0 aliphatic carbocycles. The van der Waals surface area contributed by atoms with Crippen LogP contribution in [-0.4, -0.2) is 21.8 Å². The molecule has 0 atom stereocenters. The van der Waals surface area contributed by atoms with Gasteiger partial charge in [-0.1, -0.05) is 12.1 Å². The van der Waals surface area contributed by atoms with Crippen LogP contribution in [0.1, 0.15) is 39.7 Å². The number of benzene rings is 1. The molecule has 1 saturated heterocycles. The summed E-state index contributed by atoms with van der Waals surface area (Å²) in [6.45, 7) is 7.90. The lowest BCUT2D eigenvalue weighted by molar-refractivity contribution is -0.384. The van der Waals surface area contributed by atoms with Crippen LogP contribution < -0.4 is 5.32 Å². The van der Waals surface area contributed by atoms with Gasteiger partial charge in [-0.25, -0.2) is 0 Å². The Labute approximate surface area is 124 Å². The monoisotopic (exact) mass is 288 g/mol. The second-order valence-electron chi connectivity index (χ2n) is 6.64. The highest BCUT2D eigenvalue weighted by atomic mass is 16.6. The van der Waals surface area contributed by atoms with Gasteiger partial charge in [0, 0.05) is 35.2 Å². The summed E-state index contributed by atoms with van der Waals surface area (Å²) < 4.78 is 0. The number of Topliss-reactive ketones (excluding diaryl/α,β-unsaturated/α-hetero) is 1. The van der Waals surface area contributed by atoms with Gasteiger partial charge in [0.2, 0.25) is 0 Å². The second-order valence-corrected chi connectivity index (χ2v) is 6.64. The minimum absolute atomic E-state index is 0.0266. The highest BCUT2D eigenvalue weighted by molar-refractivity contribution is 6.03. The number of rotatable bonds is 2. The van der Waals surface area contributed by atoms with Crippen molar-refractivity contribution < 1.29 is 9.72 Å². The minimum Gasteiger partial charge on any atom is -0.302 e. The van der Waals surface area contributed by atoms with E-state index in [2.05, 4.69) is 5.32 Å². The fraction of sp³-hybridized carbons (Fsp3) is 0.438. The summed E-state index contributed by atoms with van der Waals surface area (Å²) in [5.74, 6) is 0.0789. The summed E-state index contributed by atoms with van der Waals surface area (Å²) in [5, 5.41) is 14.3. The third-order valence-corrected chi connectivity index (χ3v) is 3.62. The van der Waals surface area contributed by atoms with Crippen LogP contribution >= 0.6 is 0 Å². The molecule has 1 N–H and O–H groups in total. The zero-order valence-electron chi connectivity index (χ0n) is 12.8. The molecule has 1 aliphatic rings. The Bertz CT molecular complexity index is 630. The topological polar surface area (TPSA) is 72.2 Å². The zero-order chi connectivity index (χ0) is 15.8. The first-order valence-electron chi connectivity index (χ1n) is 6.90. The van der Waals surface area contributed by atoms with Gasteiger partial charge in [-0.05, 0) is 39.3 Å².